The number of nitrogens with one attached hydrogen (secondary N) is 1. The van der Waals surface area contributed by atoms with E-state index in [4.69, 9.17) is 9.47 Å². The van der Waals surface area contributed by atoms with Gasteiger partial charge in [-0.05, 0) is 59.3 Å². The van der Waals surface area contributed by atoms with Gasteiger partial charge in [0, 0.05) is 27.9 Å². The predicted octanol–water partition coefficient (Wildman–Crippen LogP) is 3.69. The molecule has 2 amide bonds. The van der Waals surface area contributed by atoms with E-state index in [1.165, 1.54) is 7.11 Å². The van der Waals surface area contributed by atoms with Crippen LogP contribution in [-0.4, -0.2) is 32.6 Å². The minimum absolute atomic E-state index is 0.114. The number of anilines is 2. The van der Waals surface area contributed by atoms with Gasteiger partial charge in [0.2, 0.25) is 5.91 Å². The van der Waals surface area contributed by atoms with Crippen molar-refractivity contribution < 1.29 is 19.1 Å². The Morgan fingerprint density at radius 3 is 2.54 bits per heavy atom. The van der Waals surface area contributed by atoms with Crippen molar-refractivity contribution in [2.24, 2.45) is 0 Å². The second-order valence-electron chi connectivity index (χ2n) is 5.84. The zero-order valence-corrected chi connectivity index (χ0v) is 16.7. The third-order valence-corrected chi connectivity index (χ3v) is 5.10. The van der Waals surface area contributed by atoms with Gasteiger partial charge in [-0.15, -0.1) is 0 Å². The molecule has 1 aliphatic rings. The van der Waals surface area contributed by atoms with Gasteiger partial charge in [0.15, 0.2) is 11.5 Å². The van der Waals surface area contributed by atoms with Crippen LogP contribution in [0.1, 0.15) is 23.2 Å². The zero-order valence-electron chi connectivity index (χ0n) is 14.5. The summed E-state index contributed by atoms with van der Waals surface area (Å²) in [5.41, 5.74) is 1.93. The smallest absolute Gasteiger partial charge is 0.256 e. The van der Waals surface area contributed by atoms with Crippen LogP contribution >= 0.6 is 22.6 Å². The van der Waals surface area contributed by atoms with Gasteiger partial charge in [-0.2, -0.15) is 0 Å². The molecule has 0 aromatic heterocycles. The maximum atomic E-state index is 12.7. The molecule has 1 fully saturated rings. The highest BCUT2D eigenvalue weighted by Crippen LogP contribution is 2.32. The lowest BCUT2D eigenvalue weighted by Gasteiger charge is -2.17. The number of methoxy groups -OCH3 is 2. The average molecular weight is 466 g/mol. The first-order valence-electron chi connectivity index (χ1n) is 8.17. The van der Waals surface area contributed by atoms with Gasteiger partial charge < -0.3 is 19.7 Å². The van der Waals surface area contributed by atoms with E-state index < -0.39 is 0 Å². The molecule has 2 aromatic rings. The highest BCUT2D eigenvalue weighted by Gasteiger charge is 2.22. The number of rotatable bonds is 5. The standard InChI is InChI=1S/C19H19IN2O4/c1-25-16-10-14(15(20)11-17(16)26-2)19(24)21-12-5-3-6-13(9-12)22-8-4-7-18(22)23/h3,5-6,9-11H,4,7-8H2,1-2H3,(H,21,24). The van der Waals surface area contributed by atoms with Crippen LogP contribution in [0, 0.1) is 3.57 Å². The van der Waals surface area contributed by atoms with Gasteiger partial charge in [-0.3, -0.25) is 9.59 Å². The Bertz CT molecular complexity index is 853. The molecule has 1 saturated heterocycles. The molecule has 6 nitrogen and oxygen atoms in total. The molecule has 1 N–H and O–H groups in total. The number of nitrogens with zero attached hydrogens (tertiary/aromatic N) is 1. The number of hydrogen-bond donors (Lipinski definition) is 1. The molecule has 0 bridgehead atoms. The molecule has 136 valence electrons. The van der Waals surface area contributed by atoms with Crippen molar-refractivity contribution in [2.45, 2.75) is 12.8 Å². The van der Waals surface area contributed by atoms with Crippen LogP contribution in [0.3, 0.4) is 0 Å². The van der Waals surface area contributed by atoms with E-state index in [-0.39, 0.29) is 11.8 Å². The lowest BCUT2D eigenvalue weighted by atomic mass is 10.1. The van der Waals surface area contributed by atoms with E-state index in [0.717, 1.165) is 15.7 Å². The summed E-state index contributed by atoms with van der Waals surface area (Å²) in [6.07, 6.45) is 1.43. The van der Waals surface area contributed by atoms with Crippen molar-refractivity contribution in [3.8, 4) is 11.5 Å². The summed E-state index contributed by atoms with van der Waals surface area (Å²) in [6, 6.07) is 10.7. The summed E-state index contributed by atoms with van der Waals surface area (Å²) in [4.78, 5) is 26.4. The van der Waals surface area contributed by atoms with Crippen molar-refractivity contribution in [3.63, 3.8) is 0 Å². The number of halogens is 1. The molecule has 0 spiro atoms. The Labute approximate surface area is 165 Å². The Kier molecular flexibility index (Phi) is 5.65. The fourth-order valence-corrected chi connectivity index (χ4v) is 3.58. The van der Waals surface area contributed by atoms with Crippen LogP contribution in [0.4, 0.5) is 11.4 Å². The second-order valence-corrected chi connectivity index (χ2v) is 7.00. The van der Waals surface area contributed by atoms with Crippen molar-refractivity contribution in [3.05, 3.63) is 45.5 Å². The number of benzene rings is 2. The summed E-state index contributed by atoms with van der Waals surface area (Å²) < 4.78 is 11.3. The molecule has 26 heavy (non-hydrogen) atoms. The second kappa shape index (κ2) is 7.94. The van der Waals surface area contributed by atoms with Gasteiger partial charge in [0.05, 0.1) is 19.8 Å². The third-order valence-electron chi connectivity index (χ3n) is 4.21. The lowest BCUT2D eigenvalue weighted by Crippen LogP contribution is -2.23. The summed E-state index contributed by atoms with van der Waals surface area (Å²) in [5.74, 6) is 0.931. The largest absolute Gasteiger partial charge is 0.493 e. The van der Waals surface area contributed by atoms with E-state index in [1.54, 1.807) is 30.2 Å². The summed E-state index contributed by atoms with van der Waals surface area (Å²) in [5, 5.41) is 2.89. The number of carbonyl (C=O) groups excluding carboxylic acids is 2. The van der Waals surface area contributed by atoms with Crippen molar-refractivity contribution in [1.82, 2.24) is 0 Å². The Morgan fingerprint density at radius 1 is 1.15 bits per heavy atom. The number of carbonyl (C=O) groups is 2. The maximum Gasteiger partial charge on any atom is 0.256 e. The third kappa shape index (κ3) is 3.77. The van der Waals surface area contributed by atoms with E-state index >= 15 is 0 Å². The molecule has 0 atom stereocenters. The first-order valence-corrected chi connectivity index (χ1v) is 9.24. The highest BCUT2D eigenvalue weighted by atomic mass is 127. The van der Waals surface area contributed by atoms with E-state index in [2.05, 4.69) is 27.9 Å². The minimum Gasteiger partial charge on any atom is -0.493 e. The van der Waals surface area contributed by atoms with E-state index in [9.17, 15) is 9.59 Å². The fraction of sp³-hybridized carbons (Fsp3) is 0.263. The van der Waals surface area contributed by atoms with Gasteiger partial charge in [0.1, 0.15) is 0 Å². The molecule has 1 aliphatic heterocycles. The van der Waals surface area contributed by atoms with Crippen LogP contribution in [0.15, 0.2) is 36.4 Å². The zero-order chi connectivity index (χ0) is 18.7. The highest BCUT2D eigenvalue weighted by molar-refractivity contribution is 14.1. The maximum absolute atomic E-state index is 12.7. The van der Waals surface area contributed by atoms with Crippen LogP contribution in [0.2, 0.25) is 0 Å². The van der Waals surface area contributed by atoms with Crippen molar-refractivity contribution >= 4 is 45.8 Å². The number of amides is 2. The van der Waals surface area contributed by atoms with Crippen LogP contribution in [-0.2, 0) is 4.79 Å². The summed E-state index contributed by atoms with van der Waals surface area (Å²) in [6.45, 7) is 0.712. The van der Waals surface area contributed by atoms with Gasteiger partial charge in [-0.25, -0.2) is 0 Å². The normalized spacial score (nSPS) is 13.7. The summed E-state index contributed by atoms with van der Waals surface area (Å²) in [7, 11) is 3.09. The van der Waals surface area contributed by atoms with Crippen LogP contribution in [0.25, 0.3) is 0 Å². The van der Waals surface area contributed by atoms with Crippen molar-refractivity contribution in [1.29, 1.82) is 0 Å². The van der Waals surface area contributed by atoms with Crippen molar-refractivity contribution in [2.75, 3.05) is 31.0 Å². The van der Waals surface area contributed by atoms with Crippen LogP contribution in [0.5, 0.6) is 11.5 Å². The molecule has 0 saturated carbocycles. The monoisotopic (exact) mass is 466 g/mol. The topological polar surface area (TPSA) is 67.9 Å². The van der Waals surface area contributed by atoms with E-state index in [1.807, 2.05) is 18.2 Å². The molecule has 0 radical (unpaired) electrons. The van der Waals surface area contributed by atoms with Crippen LogP contribution < -0.4 is 19.7 Å². The first-order chi connectivity index (χ1) is 12.5. The minimum atomic E-state index is -0.250. The molecule has 7 heteroatoms. The van der Waals surface area contributed by atoms with Gasteiger partial charge in [0.25, 0.3) is 5.91 Å². The Hall–Kier alpha value is -2.29. The molecular formula is C19H19IN2O4. The SMILES string of the molecule is COc1cc(I)c(C(=O)Nc2cccc(N3CCCC3=O)c2)cc1OC. The molecule has 2 aromatic carbocycles. The van der Waals surface area contributed by atoms with Gasteiger partial charge in [-0.1, -0.05) is 6.07 Å². The molecule has 0 unspecified atom stereocenters. The molecule has 3 rings (SSSR count). The summed E-state index contributed by atoms with van der Waals surface area (Å²) >= 11 is 2.09. The molecule has 1 heterocycles. The Morgan fingerprint density at radius 2 is 1.88 bits per heavy atom. The van der Waals surface area contributed by atoms with E-state index in [0.29, 0.717) is 35.7 Å². The fourth-order valence-electron chi connectivity index (χ4n) is 2.90. The molecule has 0 aliphatic carbocycles. The Balaban J connectivity index is 1.83. The van der Waals surface area contributed by atoms with Gasteiger partial charge >= 0.3 is 0 Å². The molecular weight excluding hydrogens is 447 g/mol. The lowest BCUT2D eigenvalue weighted by molar-refractivity contribution is -0.117. The average Bonchev–Trinajstić information content (AvgIpc) is 3.07. The number of ether oxygens (including phenoxy) is 2. The first kappa shape index (κ1) is 18.5. The number of hydrogen-bond acceptors (Lipinski definition) is 4. The quantitative estimate of drug-likeness (QED) is 0.683. The predicted molar refractivity (Wildman–Crippen MR) is 108 cm³/mol.